The summed E-state index contributed by atoms with van der Waals surface area (Å²) in [6, 6.07) is 0.307. The first-order chi connectivity index (χ1) is 9.56. The molecule has 0 atom stereocenters. The first-order valence-electron chi connectivity index (χ1n) is 8.02. The lowest BCUT2D eigenvalue weighted by molar-refractivity contribution is -0.145. The van der Waals surface area contributed by atoms with Gasteiger partial charge < -0.3 is 9.64 Å². The van der Waals surface area contributed by atoms with Crippen molar-refractivity contribution in [2.45, 2.75) is 71.8 Å². The molecule has 0 unspecified atom stereocenters. The van der Waals surface area contributed by atoms with Crippen LogP contribution in [0, 0.1) is 5.92 Å². The molecule has 0 aromatic heterocycles. The second kappa shape index (κ2) is 8.98. The molecule has 0 radical (unpaired) electrons. The monoisotopic (exact) mass is 283 g/mol. The van der Waals surface area contributed by atoms with Crippen LogP contribution >= 0.6 is 0 Å². The number of ether oxygens (including phenoxy) is 1. The van der Waals surface area contributed by atoms with Crippen LogP contribution in [0.25, 0.3) is 0 Å². The number of amides is 1. The van der Waals surface area contributed by atoms with E-state index in [0.717, 1.165) is 12.8 Å². The summed E-state index contributed by atoms with van der Waals surface area (Å²) in [6.07, 6.45) is 7.35. The summed E-state index contributed by atoms with van der Waals surface area (Å²) in [5.41, 5.74) is 0. The first kappa shape index (κ1) is 17.0. The van der Waals surface area contributed by atoms with Crippen molar-refractivity contribution in [3.05, 3.63) is 0 Å². The van der Waals surface area contributed by atoms with Crippen molar-refractivity contribution in [2.75, 3.05) is 13.2 Å². The minimum absolute atomic E-state index is 0.0135. The Labute approximate surface area is 122 Å². The van der Waals surface area contributed by atoms with Crippen LogP contribution < -0.4 is 0 Å². The van der Waals surface area contributed by atoms with E-state index in [1.165, 1.54) is 25.7 Å². The quantitative estimate of drug-likeness (QED) is 0.555. The third-order valence-corrected chi connectivity index (χ3v) is 3.90. The Hall–Kier alpha value is -1.06. The Bertz CT molecular complexity index is 307. The predicted molar refractivity (Wildman–Crippen MR) is 79.3 cm³/mol. The molecule has 20 heavy (non-hydrogen) atoms. The van der Waals surface area contributed by atoms with Gasteiger partial charge in [0, 0.05) is 18.5 Å². The number of nitrogens with zero attached hydrogens (tertiary/aromatic N) is 1. The molecule has 0 N–H and O–H groups in total. The van der Waals surface area contributed by atoms with Crippen molar-refractivity contribution in [1.82, 2.24) is 4.90 Å². The summed E-state index contributed by atoms with van der Waals surface area (Å²) in [4.78, 5) is 25.9. The van der Waals surface area contributed by atoms with E-state index >= 15 is 0 Å². The average Bonchev–Trinajstić information content (AvgIpc) is 2.68. The minimum atomic E-state index is -0.206. The Morgan fingerprint density at radius 2 is 1.75 bits per heavy atom. The molecule has 0 aromatic carbocycles. The highest BCUT2D eigenvalue weighted by atomic mass is 16.5. The molecule has 0 spiro atoms. The highest BCUT2D eigenvalue weighted by Crippen LogP contribution is 2.23. The number of carbonyl (C=O) groups excluding carboxylic acids is 2. The zero-order chi connectivity index (χ0) is 15.0. The maximum absolute atomic E-state index is 12.4. The molecule has 4 heteroatoms. The predicted octanol–water partition coefficient (Wildman–Crippen LogP) is 3.15. The van der Waals surface area contributed by atoms with Gasteiger partial charge in [0.25, 0.3) is 0 Å². The summed E-state index contributed by atoms with van der Waals surface area (Å²) >= 11 is 0. The summed E-state index contributed by atoms with van der Waals surface area (Å²) < 4.78 is 4.97. The molecule has 0 bridgehead atoms. The zero-order valence-corrected chi connectivity index (χ0v) is 13.2. The lowest BCUT2D eigenvalue weighted by Crippen LogP contribution is -2.43. The third kappa shape index (κ3) is 5.51. The largest absolute Gasteiger partial charge is 0.466 e. The molecule has 1 fully saturated rings. The molecule has 1 saturated carbocycles. The first-order valence-corrected chi connectivity index (χ1v) is 8.02. The second-order valence-electron chi connectivity index (χ2n) is 5.89. The molecule has 1 rings (SSSR count). The topological polar surface area (TPSA) is 46.6 Å². The van der Waals surface area contributed by atoms with E-state index in [-0.39, 0.29) is 17.8 Å². The van der Waals surface area contributed by atoms with Crippen molar-refractivity contribution in [1.29, 1.82) is 0 Å². The number of esters is 1. The number of rotatable bonds is 6. The fourth-order valence-corrected chi connectivity index (χ4v) is 2.82. The molecule has 0 saturated heterocycles. The fourth-order valence-electron chi connectivity index (χ4n) is 2.82. The van der Waals surface area contributed by atoms with Crippen molar-refractivity contribution in [3.63, 3.8) is 0 Å². The van der Waals surface area contributed by atoms with Gasteiger partial charge >= 0.3 is 5.97 Å². The van der Waals surface area contributed by atoms with Crippen LogP contribution in [0.2, 0.25) is 0 Å². The summed E-state index contributed by atoms with van der Waals surface area (Å²) in [5.74, 6) is -0.0516. The van der Waals surface area contributed by atoms with Gasteiger partial charge in [-0.25, -0.2) is 0 Å². The van der Waals surface area contributed by atoms with Crippen molar-refractivity contribution < 1.29 is 14.3 Å². The minimum Gasteiger partial charge on any atom is -0.466 e. The van der Waals surface area contributed by atoms with Gasteiger partial charge in [-0.2, -0.15) is 0 Å². The average molecular weight is 283 g/mol. The van der Waals surface area contributed by atoms with Gasteiger partial charge in [-0.05, 0) is 19.8 Å². The van der Waals surface area contributed by atoms with E-state index in [1.807, 2.05) is 18.7 Å². The van der Waals surface area contributed by atoms with Crippen LogP contribution in [0.15, 0.2) is 0 Å². The van der Waals surface area contributed by atoms with Gasteiger partial charge in [0.1, 0.15) is 0 Å². The smallest absolute Gasteiger partial charge is 0.307 e. The van der Waals surface area contributed by atoms with E-state index < -0.39 is 0 Å². The van der Waals surface area contributed by atoms with Gasteiger partial charge in [0.15, 0.2) is 0 Å². The second-order valence-corrected chi connectivity index (χ2v) is 5.89. The van der Waals surface area contributed by atoms with Crippen LogP contribution in [0.1, 0.15) is 65.7 Å². The molecule has 1 aliphatic rings. The Morgan fingerprint density at radius 1 is 1.15 bits per heavy atom. The van der Waals surface area contributed by atoms with E-state index in [0.29, 0.717) is 25.6 Å². The highest BCUT2D eigenvalue weighted by molar-refractivity contribution is 5.79. The van der Waals surface area contributed by atoms with Crippen LogP contribution in [-0.2, 0) is 14.3 Å². The van der Waals surface area contributed by atoms with E-state index in [9.17, 15) is 9.59 Å². The zero-order valence-electron chi connectivity index (χ0n) is 13.2. The van der Waals surface area contributed by atoms with Crippen molar-refractivity contribution in [3.8, 4) is 0 Å². The molecule has 0 aromatic rings. The Morgan fingerprint density at radius 3 is 2.25 bits per heavy atom. The normalized spacial score (nSPS) is 16.8. The van der Waals surface area contributed by atoms with Crippen LogP contribution in [0.3, 0.4) is 0 Å². The van der Waals surface area contributed by atoms with Gasteiger partial charge in [0.2, 0.25) is 5.91 Å². The molecule has 1 aliphatic carbocycles. The van der Waals surface area contributed by atoms with Gasteiger partial charge in [-0.15, -0.1) is 0 Å². The molecule has 4 nitrogen and oxygen atoms in total. The van der Waals surface area contributed by atoms with E-state index in [4.69, 9.17) is 4.74 Å². The molecule has 0 aliphatic heterocycles. The summed E-state index contributed by atoms with van der Waals surface area (Å²) in [6.45, 7) is 6.56. The van der Waals surface area contributed by atoms with Crippen LogP contribution in [-0.4, -0.2) is 36.0 Å². The Balaban J connectivity index is 2.63. The Kier molecular flexibility index (Phi) is 7.63. The third-order valence-electron chi connectivity index (χ3n) is 3.90. The fraction of sp³-hybridized carbons (Fsp3) is 0.875. The number of carbonyl (C=O) groups is 2. The van der Waals surface area contributed by atoms with Crippen LogP contribution in [0.4, 0.5) is 0 Å². The summed E-state index contributed by atoms with van der Waals surface area (Å²) in [7, 11) is 0. The van der Waals surface area contributed by atoms with Gasteiger partial charge in [-0.3, -0.25) is 9.59 Å². The SMILES string of the molecule is CCOC(=O)CCN(C(=O)C(C)C)C1CCCCCC1. The highest BCUT2D eigenvalue weighted by Gasteiger charge is 2.26. The molecular weight excluding hydrogens is 254 g/mol. The maximum Gasteiger partial charge on any atom is 0.307 e. The van der Waals surface area contributed by atoms with Gasteiger partial charge in [-0.1, -0.05) is 39.5 Å². The molecule has 116 valence electrons. The number of hydrogen-bond acceptors (Lipinski definition) is 3. The molecule has 0 heterocycles. The standard InChI is InChI=1S/C16H29NO3/c1-4-20-15(18)11-12-17(16(19)13(2)3)14-9-7-5-6-8-10-14/h13-14H,4-12H2,1-3H3. The molecule has 1 amide bonds. The summed E-state index contributed by atoms with van der Waals surface area (Å²) in [5, 5.41) is 0. The lowest BCUT2D eigenvalue weighted by atomic mass is 10.0. The van der Waals surface area contributed by atoms with Crippen LogP contribution in [0.5, 0.6) is 0 Å². The molecular formula is C16H29NO3. The van der Waals surface area contributed by atoms with Crippen molar-refractivity contribution in [2.24, 2.45) is 5.92 Å². The maximum atomic E-state index is 12.4. The van der Waals surface area contributed by atoms with Crippen molar-refractivity contribution >= 4 is 11.9 Å². The van der Waals surface area contributed by atoms with Gasteiger partial charge in [0.05, 0.1) is 13.0 Å². The van der Waals surface area contributed by atoms with E-state index in [2.05, 4.69) is 0 Å². The lowest BCUT2D eigenvalue weighted by Gasteiger charge is -2.32. The van der Waals surface area contributed by atoms with E-state index in [1.54, 1.807) is 6.92 Å². The number of hydrogen-bond donors (Lipinski definition) is 0.